The van der Waals surface area contributed by atoms with Gasteiger partial charge in [-0.3, -0.25) is 9.59 Å². The minimum atomic E-state index is -1.20. The van der Waals surface area contributed by atoms with E-state index in [0.717, 1.165) is 0 Å². The molecule has 6 nitrogen and oxygen atoms in total. The Morgan fingerprint density at radius 1 is 0.778 bits per heavy atom. The highest BCUT2D eigenvalue weighted by atomic mass is 16.7. The van der Waals surface area contributed by atoms with Gasteiger partial charge in [-0.15, -0.1) is 0 Å². The summed E-state index contributed by atoms with van der Waals surface area (Å²) >= 11 is 0. The van der Waals surface area contributed by atoms with Gasteiger partial charge in [0.2, 0.25) is 5.92 Å². The molecule has 0 aromatic rings. The Bertz CT molecular complexity index is 229. The first-order valence-electron chi connectivity index (χ1n) is 6.18. The molecule has 0 heterocycles. The van der Waals surface area contributed by atoms with Crippen molar-refractivity contribution in [2.45, 2.75) is 34.0 Å². The Labute approximate surface area is 108 Å². The monoisotopic (exact) mass is 262 g/mol. The van der Waals surface area contributed by atoms with Crippen molar-refractivity contribution in [2.24, 2.45) is 5.92 Å². The van der Waals surface area contributed by atoms with Crippen molar-refractivity contribution in [3.8, 4) is 0 Å². The zero-order chi connectivity index (χ0) is 14.0. The van der Waals surface area contributed by atoms with E-state index in [9.17, 15) is 9.59 Å². The zero-order valence-corrected chi connectivity index (χ0v) is 11.4. The second-order valence-corrected chi connectivity index (χ2v) is 3.26. The maximum absolute atomic E-state index is 11.8. The molecule has 0 aliphatic heterocycles. The van der Waals surface area contributed by atoms with Crippen molar-refractivity contribution >= 4 is 11.9 Å². The molecule has 0 spiro atoms. The van der Waals surface area contributed by atoms with Crippen LogP contribution >= 0.6 is 0 Å². The van der Waals surface area contributed by atoms with Gasteiger partial charge in [0.25, 0.3) is 0 Å². The van der Waals surface area contributed by atoms with E-state index < -0.39 is 24.1 Å². The Morgan fingerprint density at radius 3 is 1.44 bits per heavy atom. The number of esters is 2. The molecule has 0 aliphatic rings. The summed E-state index contributed by atoms with van der Waals surface area (Å²) in [5.41, 5.74) is 0. The van der Waals surface area contributed by atoms with E-state index in [4.69, 9.17) is 18.9 Å². The van der Waals surface area contributed by atoms with Crippen LogP contribution in [0.3, 0.4) is 0 Å². The second-order valence-electron chi connectivity index (χ2n) is 3.26. The Hall–Kier alpha value is -1.14. The predicted octanol–water partition coefficient (Wildman–Crippen LogP) is 1.13. The number of hydrogen-bond acceptors (Lipinski definition) is 6. The summed E-state index contributed by atoms with van der Waals surface area (Å²) in [6.07, 6.45) is -0.974. The summed E-state index contributed by atoms with van der Waals surface area (Å²) in [5, 5.41) is 0. The quantitative estimate of drug-likeness (QED) is 0.352. The highest BCUT2D eigenvalue weighted by molar-refractivity contribution is 5.95. The molecule has 0 fully saturated rings. The summed E-state index contributed by atoms with van der Waals surface area (Å²) in [6, 6.07) is 0. The van der Waals surface area contributed by atoms with Crippen LogP contribution in [-0.4, -0.2) is 44.7 Å². The van der Waals surface area contributed by atoms with Gasteiger partial charge in [-0.25, -0.2) is 0 Å². The fourth-order valence-electron chi connectivity index (χ4n) is 1.35. The normalized spacial score (nSPS) is 10.8. The second kappa shape index (κ2) is 9.85. The van der Waals surface area contributed by atoms with Crippen molar-refractivity contribution in [3.63, 3.8) is 0 Å². The smallest absolute Gasteiger partial charge is 0.325 e. The van der Waals surface area contributed by atoms with Gasteiger partial charge in [0.05, 0.1) is 13.2 Å². The molecule has 18 heavy (non-hydrogen) atoms. The van der Waals surface area contributed by atoms with E-state index in [1.54, 1.807) is 27.7 Å². The van der Waals surface area contributed by atoms with Crippen LogP contribution in [0.2, 0.25) is 0 Å². The minimum Gasteiger partial charge on any atom is -0.465 e. The average Bonchev–Trinajstić information content (AvgIpc) is 2.30. The maximum Gasteiger partial charge on any atom is 0.325 e. The summed E-state index contributed by atoms with van der Waals surface area (Å²) in [5.74, 6) is -2.59. The first-order chi connectivity index (χ1) is 8.62. The van der Waals surface area contributed by atoms with Gasteiger partial charge < -0.3 is 18.9 Å². The molecule has 0 aliphatic carbocycles. The van der Waals surface area contributed by atoms with Crippen LogP contribution in [0.25, 0.3) is 0 Å². The lowest BCUT2D eigenvalue weighted by Crippen LogP contribution is -2.41. The van der Waals surface area contributed by atoms with Crippen molar-refractivity contribution in [3.05, 3.63) is 0 Å². The Balaban J connectivity index is 4.88. The molecule has 0 bridgehead atoms. The van der Waals surface area contributed by atoms with Crippen molar-refractivity contribution < 1.29 is 28.5 Å². The van der Waals surface area contributed by atoms with Crippen LogP contribution in [0.5, 0.6) is 0 Å². The molecule has 0 aromatic carbocycles. The van der Waals surface area contributed by atoms with E-state index in [1.165, 1.54) is 0 Å². The van der Waals surface area contributed by atoms with E-state index in [-0.39, 0.29) is 13.2 Å². The summed E-state index contributed by atoms with van der Waals surface area (Å²) in [4.78, 5) is 23.5. The van der Waals surface area contributed by atoms with Crippen molar-refractivity contribution in [1.29, 1.82) is 0 Å². The summed E-state index contributed by atoms with van der Waals surface area (Å²) in [7, 11) is 0. The average molecular weight is 262 g/mol. The number of rotatable bonds is 9. The molecule has 0 unspecified atom stereocenters. The molecule has 0 rings (SSSR count). The van der Waals surface area contributed by atoms with E-state index in [1.807, 2.05) is 0 Å². The molecular formula is C12H22O6. The molecule has 0 atom stereocenters. The fourth-order valence-corrected chi connectivity index (χ4v) is 1.35. The topological polar surface area (TPSA) is 71.1 Å². The molecule has 6 heteroatoms. The van der Waals surface area contributed by atoms with Crippen molar-refractivity contribution in [2.75, 3.05) is 26.4 Å². The third-order valence-corrected chi connectivity index (χ3v) is 2.02. The van der Waals surface area contributed by atoms with Gasteiger partial charge in [0.15, 0.2) is 6.29 Å². The molecule has 0 N–H and O–H groups in total. The Kier molecular flexibility index (Phi) is 9.22. The number of hydrogen-bond donors (Lipinski definition) is 0. The Morgan fingerprint density at radius 2 is 1.17 bits per heavy atom. The van der Waals surface area contributed by atoms with Gasteiger partial charge in [0, 0.05) is 13.2 Å². The van der Waals surface area contributed by atoms with Crippen LogP contribution in [-0.2, 0) is 28.5 Å². The molecular weight excluding hydrogens is 240 g/mol. The first-order valence-corrected chi connectivity index (χ1v) is 6.18. The predicted molar refractivity (Wildman–Crippen MR) is 63.8 cm³/mol. The third-order valence-electron chi connectivity index (χ3n) is 2.02. The SMILES string of the molecule is CCOC(=O)C(C(=O)OCC)C(OCC)OCC. The zero-order valence-electron chi connectivity index (χ0n) is 11.4. The summed E-state index contributed by atoms with van der Waals surface area (Å²) < 4.78 is 20.2. The molecule has 0 aromatic heterocycles. The number of carbonyl (C=O) groups excluding carboxylic acids is 2. The van der Waals surface area contributed by atoms with Crippen molar-refractivity contribution in [1.82, 2.24) is 0 Å². The van der Waals surface area contributed by atoms with Crippen LogP contribution in [0.4, 0.5) is 0 Å². The minimum absolute atomic E-state index is 0.180. The molecule has 0 amide bonds. The van der Waals surface area contributed by atoms with Gasteiger partial charge >= 0.3 is 11.9 Å². The fraction of sp³-hybridized carbons (Fsp3) is 0.833. The standard InChI is InChI=1S/C12H22O6/c1-5-15-10(13)9(11(14)16-6-2)12(17-7-3)18-8-4/h9,12H,5-8H2,1-4H3. The molecule has 0 radical (unpaired) electrons. The lowest BCUT2D eigenvalue weighted by Gasteiger charge is -2.23. The molecule has 106 valence electrons. The molecule has 0 saturated carbocycles. The number of ether oxygens (including phenoxy) is 4. The molecule has 0 saturated heterocycles. The van der Waals surface area contributed by atoms with E-state index in [0.29, 0.717) is 13.2 Å². The largest absolute Gasteiger partial charge is 0.465 e. The summed E-state index contributed by atoms with van der Waals surface area (Å²) in [6.45, 7) is 7.82. The van der Waals surface area contributed by atoms with Gasteiger partial charge in [0.1, 0.15) is 0 Å². The van der Waals surface area contributed by atoms with Gasteiger partial charge in [-0.05, 0) is 27.7 Å². The van der Waals surface area contributed by atoms with Crippen LogP contribution in [0, 0.1) is 5.92 Å². The lowest BCUT2D eigenvalue weighted by atomic mass is 10.1. The van der Waals surface area contributed by atoms with Crippen LogP contribution < -0.4 is 0 Å². The van der Waals surface area contributed by atoms with Crippen LogP contribution in [0.15, 0.2) is 0 Å². The first kappa shape index (κ1) is 16.9. The van der Waals surface area contributed by atoms with E-state index in [2.05, 4.69) is 0 Å². The van der Waals surface area contributed by atoms with Gasteiger partial charge in [-0.1, -0.05) is 0 Å². The number of carbonyl (C=O) groups is 2. The van der Waals surface area contributed by atoms with Crippen LogP contribution in [0.1, 0.15) is 27.7 Å². The van der Waals surface area contributed by atoms with Gasteiger partial charge in [-0.2, -0.15) is 0 Å². The van der Waals surface area contributed by atoms with E-state index >= 15 is 0 Å². The maximum atomic E-state index is 11.8. The third kappa shape index (κ3) is 5.46. The highest BCUT2D eigenvalue weighted by Crippen LogP contribution is 2.14. The highest BCUT2D eigenvalue weighted by Gasteiger charge is 2.39. The lowest BCUT2D eigenvalue weighted by molar-refractivity contribution is -0.200.